The minimum absolute atomic E-state index is 0.152. The molecule has 0 heterocycles. The molecule has 1 aliphatic carbocycles. The Hall–Kier alpha value is -1.31. The molecule has 0 saturated heterocycles. The summed E-state index contributed by atoms with van der Waals surface area (Å²) in [5, 5.41) is 8.87. The molecule has 1 saturated carbocycles. The highest BCUT2D eigenvalue weighted by Crippen LogP contribution is 2.47. The Bertz CT molecular complexity index is 398. The van der Waals surface area contributed by atoms with Gasteiger partial charge in [0.05, 0.1) is 5.92 Å². The maximum absolute atomic E-state index is 10.8. The van der Waals surface area contributed by atoms with Gasteiger partial charge in [0.2, 0.25) is 0 Å². The number of aliphatic carboxylic acids is 1. The number of hydrogen-bond acceptors (Lipinski definition) is 1. The summed E-state index contributed by atoms with van der Waals surface area (Å²) < 4.78 is 0. The number of hydrogen-bond donors (Lipinski definition) is 1. The highest BCUT2D eigenvalue weighted by molar-refractivity contribution is 5.75. The van der Waals surface area contributed by atoms with Crippen LogP contribution in [0.5, 0.6) is 0 Å². The molecule has 1 N–H and O–H groups in total. The highest BCUT2D eigenvalue weighted by atomic mass is 16.4. The fraction of sp³-hybridized carbons (Fsp3) is 0.500. The Morgan fingerprint density at radius 2 is 1.81 bits per heavy atom. The van der Waals surface area contributed by atoms with Crippen molar-refractivity contribution < 1.29 is 9.90 Å². The Kier molecular flexibility index (Phi) is 2.53. The smallest absolute Gasteiger partial charge is 0.307 e. The van der Waals surface area contributed by atoms with Crippen molar-refractivity contribution in [1.29, 1.82) is 0 Å². The second-order valence-electron chi connectivity index (χ2n) is 5.66. The molecular weight excluding hydrogens is 200 g/mol. The van der Waals surface area contributed by atoms with E-state index >= 15 is 0 Å². The van der Waals surface area contributed by atoms with Gasteiger partial charge in [-0.2, -0.15) is 0 Å². The van der Waals surface area contributed by atoms with E-state index in [-0.39, 0.29) is 17.3 Å². The normalized spacial score (nSPS) is 24.2. The number of rotatable bonds is 2. The third kappa shape index (κ3) is 2.11. The zero-order valence-corrected chi connectivity index (χ0v) is 10.0. The van der Waals surface area contributed by atoms with Crippen molar-refractivity contribution in [2.45, 2.75) is 38.5 Å². The first-order chi connectivity index (χ1) is 7.39. The summed E-state index contributed by atoms with van der Waals surface area (Å²) in [4.78, 5) is 10.8. The summed E-state index contributed by atoms with van der Waals surface area (Å²) in [6.07, 6.45) is 0.796. The molecule has 0 spiro atoms. The quantitative estimate of drug-likeness (QED) is 0.827. The molecule has 1 fully saturated rings. The number of benzene rings is 1. The van der Waals surface area contributed by atoms with Crippen LogP contribution in [0.4, 0.5) is 0 Å². The van der Waals surface area contributed by atoms with Crippen LogP contribution in [0.3, 0.4) is 0 Å². The highest BCUT2D eigenvalue weighted by Gasteiger charge is 2.44. The van der Waals surface area contributed by atoms with Crippen molar-refractivity contribution >= 4 is 5.97 Å². The van der Waals surface area contributed by atoms with Crippen LogP contribution in [-0.2, 0) is 10.2 Å². The molecule has 0 amide bonds. The first kappa shape index (κ1) is 11.2. The summed E-state index contributed by atoms with van der Waals surface area (Å²) in [5.74, 6) is -0.572. The van der Waals surface area contributed by atoms with Gasteiger partial charge < -0.3 is 5.11 Å². The van der Waals surface area contributed by atoms with Crippen molar-refractivity contribution in [2.75, 3.05) is 0 Å². The van der Waals surface area contributed by atoms with E-state index < -0.39 is 5.97 Å². The van der Waals surface area contributed by atoms with E-state index in [4.69, 9.17) is 5.11 Å². The van der Waals surface area contributed by atoms with E-state index in [2.05, 4.69) is 45.0 Å². The molecule has 2 nitrogen and oxygen atoms in total. The van der Waals surface area contributed by atoms with Crippen molar-refractivity contribution in [3.05, 3.63) is 35.4 Å². The van der Waals surface area contributed by atoms with Crippen molar-refractivity contribution in [2.24, 2.45) is 5.92 Å². The molecule has 16 heavy (non-hydrogen) atoms. The van der Waals surface area contributed by atoms with Gasteiger partial charge in [-0.25, -0.2) is 0 Å². The molecule has 2 rings (SSSR count). The van der Waals surface area contributed by atoms with Crippen LogP contribution >= 0.6 is 0 Å². The molecule has 1 aliphatic rings. The summed E-state index contributed by atoms with van der Waals surface area (Å²) in [6.45, 7) is 6.54. The van der Waals surface area contributed by atoms with Gasteiger partial charge in [-0.05, 0) is 28.9 Å². The van der Waals surface area contributed by atoms with Crippen LogP contribution in [0, 0.1) is 5.92 Å². The van der Waals surface area contributed by atoms with Gasteiger partial charge >= 0.3 is 5.97 Å². The van der Waals surface area contributed by atoms with E-state index in [0.29, 0.717) is 0 Å². The summed E-state index contributed by atoms with van der Waals surface area (Å²) in [7, 11) is 0. The molecular formula is C14H18O2. The molecule has 0 aromatic heterocycles. The van der Waals surface area contributed by atoms with Crippen LogP contribution in [-0.4, -0.2) is 11.1 Å². The van der Waals surface area contributed by atoms with E-state index in [1.807, 2.05) is 0 Å². The lowest BCUT2D eigenvalue weighted by atomic mass is 9.86. The fourth-order valence-electron chi connectivity index (χ4n) is 2.07. The molecule has 2 heteroatoms. The topological polar surface area (TPSA) is 37.3 Å². The second kappa shape index (κ2) is 3.62. The van der Waals surface area contributed by atoms with Crippen LogP contribution in [0.25, 0.3) is 0 Å². The van der Waals surface area contributed by atoms with Gasteiger partial charge in [0.1, 0.15) is 0 Å². The predicted octanol–water partition coefficient (Wildman–Crippen LogP) is 3.17. The fourth-order valence-corrected chi connectivity index (χ4v) is 2.07. The van der Waals surface area contributed by atoms with E-state index in [9.17, 15) is 4.79 Å². The molecule has 2 atom stereocenters. The first-order valence-corrected chi connectivity index (χ1v) is 5.73. The number of carboxylic acid groups (broad SMARTS) is 1. The zero-order valence-electron chi connectivity index (χ0n) is 10.0. The van der Waals surface area contributed by atoms with Gasteiger partial charge in [-0.3, -0.25) is 4.79 Å². The first-order valence-electron chi connectivity index (χ1n) is 5.73. The van der Waals surface area contributed by atoms with Gasteiger partial charge in [-0.1, -0.05) is 45.0 Å². The minimum atomic E-state index is -0.662. The second-order valence-corrected chi connectivity index (χ2v) is 5.66. The average Bonchev–Trinajstić information content (AvgIpc) is 2.96. The van der Waals surface area contributed by atoms with Crippen molar-refractivity contribution in [1.82, 2.24) is 0 Å². The standard InChI is InChI=1S/C14H18O2/c1-14(2,3)10-6-4-9(5-7-10)11-8-12(11)13(15)16/h4-7,11-12H,8H2,1-3H3,(H,15,16)/t11-,12-/m0/s1. The number of carbonyl (C=O) groups is 1. The zero-order chi connectivity index (χ0) is 11.9. The Morgan fingerprint density at radius 1 is 1.25 bits per heavy atom. The Balaban J connectivity index is 2.13. The molecule has 0 unspecified atom stereocenters. The molecule has 0 bridgehead atoms. The van der Waals surface area contributed by atoms with Crippen LogP contribution < -0.4 is 0 Å². The van der Waals surface area contributed by atoms with Crippen LogP contribution in [0.15, 0.2) is 24.3 Å². The predicted molar refractivity (Wildman–Crippen MR) is 63.6 cm³/mol. The monoisotopic (exact) mass is 218 g/mol. The molecule has 0 aliphatic heterocycles. The third-order valence-electron chi connectivity index (χ3n) is 3.31. The average molecular weight is 218 g/mol. The third-order valence-corrected chi connectivity index (χ3v) is 3.31. The summed E-state index contributed by atoms with van der Waals surface area (Å²) >= 11 is 0. The van der Waals surface area contributed by atoms with Crippen LogP contribution in [0.1, 0.15) is 44.2 Å². The van der Waals surface area contributed by atoms with Gasteiger partial charge in [-0.15, -0.1) is 0 Å². The van der Waals surface area contributed by atoms with E-state index in [1.54, 1.807) is 0 Å². The minimum Gasteiger partial charge on any atom is -0.481 e. The SMILES string of the molecule is CC(C)(C)c1ccc([C@@H]2C[C@@H]2C(=O)O)cc1. The van der Waals surface area contributed by atoms with Gasteiger partial charge in [0, 0.05) is 0 Å². The van der Waals surface area contributed by atoms with Crippen LogP contribution in [0.2, 0.25) is 0 Å². The number of carboxylic acids is 1. The molecule has 0 radical (unpaired) electrons. The van der Waals surface area contributed by atoms with Crippen molar-refractivity contribution in [3.8, 4) is 0 Å². The van der Waals surface area contributed by atoms with Gasteiger partial charge in [0.15, 0.2) is 0 Å². The maximum Gasteiger partial charge on any atom is 0.307 e. The van der Waals surface area contributed by atoms with Gasteiger partial charge in [0.25, 0.3) is 0 Å². The molecule has 1 aromatic carbocycles. The lowest BCUT2D eigenvalue weighted by molar-refractivity contribution is -0.138. The lowest BCUT2D eigenvalue weighted by Crippen LogP contribution is -2.10. The lowest BCUT2D eigenvalue weighted by Gasteiger charge is -2.19. The van der Waals surface area contributed by atoms with Crippen molar-refractivity contribution in [3.63, 3.8) is 0 Å². The Morgan fingerprint density at radius 3 is 2.19 bits per heavy atom. The Labute approximate surface area is 96.3 Å². The largest absolute Gasteiger partial charge is 0.481 e. The summed E-state index contributed by atoms with van der Waals surface area (Å²) in [6, 6.07) is 8.39. The van der Waals surface area contributed by atoms with E-state index in [1.165, 1.54) is 11.1 Å². The molecule has 1 aromatic rings. The molecule has 86 valence electrons. The maximum atomic E-state index is 10.8. The van der Waals surface area contributed by atoms with E-state index in [0.717, 1.165) is 6.42 Å². The summed E-state index contributed by atoms with van der Waals surface area (Å²) in [5.41, 5.74) is 2.62.